The standard InChI is InChI=1S/C18H32BrN3O8/c1-2-28-12-16(24)21-7-8-29-9-10-30-13-17(25)22-14(18(26)27)5-3-4-6-20-15(23)11-19/h14H,2-13H2,1H3,(H,20,23)(H,21,24)(H,22,25)(H,26,27)/t14-/m0/s1. The fraction of sp³-hybridized carbons (Fsp3) is 0.778. The van der Waals surface area contributed by atoms with Crippen LogP contribution >= 0.6 is 15.9 Å². The third kappa shape index (κ3) is 17.1. The van der Waals surface area contributed by atoms with Crippen molar-refractivity contribution < 1.29 is 38.5 Å². The van der Waals surface area contributed by atoms with Crippen molar-refractivity contribution in [2.24, 2.45) is 0 Å². The second-order valence-corrected chi connectivity index (χ2v) is 6.65. The van der Waals surface area contributed by atoms with Gasteiger partial charge in [0.05, 0.1) is 25.2 Å². The van der Waals surface area contributed by atoms with Gasteiger partial charge in [-0.05, 0) is 26.2 Å². The van der Waals surface area contributed by atoms with Crippen LogP contribution in [0.3, 0.4) is 0 Å². The Morgan fingerprint density at radius 1 is 0.867 bits per heavy atom. The molecular formula is C18H32BrN3O8. The van der Waals surface area contributed by atoms with Crippen molar-refractivity contribution in [3.05, 3.63) is 0 Å². The molecule has 0 aliphatic carbocycles. The van der Waals surface area contributed by atoms with Crippen LogP contribution in [0.1, 0.15) is 26.2 Å². The van der Waals surface area contributed by atoms with Crippen LogP contribution in [0.15, 0.2) is 0 Å². The average Bonchev–Trinajstić information content (AvgIpc) is 2.72. The van der Waals surface area contributed by atoms with Crippen molar-refractivity contribution in [2.45, 2.75) is 32.2 Å². The van der Waals surface area contributed by atoms with Crippen LogP contribution in [0.5, 0.6) is 0 Å². The number of rotatable bonds is 19. The third-order valence-corrected chi connectivity index (χ3v) is 4.12. The van der Waals surface area contributed by atoms with E-state index in [-0.39, 0.29) is 50.0 Å². The first-order valence-corrected chi connectivity index (χ1v) is 10.9. The summed E-state index contributed by atoms with van der Waals surface area (Å²) in [4.78, 5) is 45.4. The molecule has 0 aliphatic heterocycles. The van der Waals surface area contributed by atoms with E-state index >= 15 is 0 Å². The number of hydrogen-bond donors (Lipinski definition) is 4. The summed E-state index contributed by atoms with van der Waals surface area (Å²) in [5.74, 6) is -2.00. The highest BCUT2D eigenvalue weighted by Crippen LogP contribution is 2.01. The molecule has 0 spiro atoms. The number of halogens is 1. The van der Waals surface area contributed by atoms with E-state index in [1.807, 2.05) is 0 Å². The van der Waals surface area contributed by atoms with Gasteiger partial charge in [-0.2, -0.15) is 0 Å². The predicted molar refractivity (Wildman–Crippen MR) is 111 cm³/mol. The molecule has 0 aromatic rings. The second-order valence-electron chi connectivity index (χ2n) is 6.09. The Kier molecular flexibility index (Phi) is 18.1. The number of nitrogens with one attached hydrogen (secondary N) is 3. The van der Waals surface area contributed by atoms with Gasteiger partial charge in [-0.15, -0.1) is 0 Å². The molecule has 3 amide bonds. The van der Waals surface area contributed by atoms with E-state index in [0.29, 0.717) is 39.1 Å². The molecule has 12 heteroatoms. The molecule has 0 aromatic heterocycles. The largest absolute Gasteiger partial charge is 0.480 e. The highest BCUT2D eigenvalue weighted by Gasteiger charge is 2.19. The summed E-state index contributed by atoms with van der Waals surface area (Å²) >= 11 is 3.03. The number of carbonyl (C=O) groups excluding carboxylic acids is 3. The fourth-order valence-corrected chi connectivity index (χ4v) is 2.33. The van der Waals surface area contributed by atoms with E-state index in [1.165, 1.54) is 0 Å². The zero-order valence-corrected chi connectivity index (χ0v) is 18.8. The maximum atomic E-state index is 11.8. The number of carboxylic acids is 1. The van der Waals surface area contributed by atoms with Crippen molar-refractivity contribution in [3.8, 4) is 0 Å². The first-order chi connectivity index (χ1) is 14.4. The number of aliphatic carboxylic acids is 1. The summed E-state index contributed by atoms with van der Waals surface area (Å²) in [6.45, 7) is 3.48. The van der Waals surface area contributed by atoms with Gasteiger partial charge in [-0.1, -0.05) is 15.9 Å². The maximum absolute atomic E-state index is 11.8. The normalized spacial score (nSPS) is 11.5. The van der Waals surface area contributed by atoms with Crippen LogP contribution in [-0.2, 0) is 33.4 Å². The smallest absolute Gasteiger partial charge is 0.326 e. The Bertz CT molecular complexity index is 522. The van der Waals surface area contributed by atoms with Crippen molar-refractivity contribution in [3.63, 3.8) is 0 Å². The van der Waals surface area contributed by atoms with Crippen molar-refractivity contribution in [2.75, 3.05) is 58.1 Å². The molecule has 0 fully saturated rings. The Hall–Kier alpha value is -1.76. The zero-order valence-electron chi connectivity index (χ0n) is 17.2. The summed E-state index contributed by atoms with van der Waals surface area (Å²) < 4.78 is 15.4. The lowest BCUT2D eigenvalue weighted by Crippen LogP contribution is -2.42. The number of alkyl halides is 1. The maximum Gasteiger partial charge on any atom is 0.326 e. The van der Waals surface area contributed by atoms with Crippen LogP contribution in [0, 0.1) is 0 Å². The molecule has 0 aromatic carbocycles. The number of carbonyl (C=O) groups is 4. The van der Waals surface area contributed by atoms with Crippen molar-refractivity contribution in [1.29, 1.82) is 0 Å². The van der Waals surface area contributed by atoms with Gasteiger partial charge in [0.25, 0.3) is 0 Å². The average molecular weight is 498 g/mol. The molecule has 4 N–H and O–H groups in total. The van der Waals surface area contributed by atoms with Crippen molar-refractivity contribution in [1.82, 2.24) is 16.0 Å². The van der Waals surface area contributed by atoms with E-state index in [2.05, 4.69) is 31.9 Å². The number of carboxylic acid groups (broad SMARTS) is 1. The minimum absolute atomic E-state index is 0.0137. The molecule has 0 saturated heterocycles. The van der Waals surface area contributed by atoms with Crippen LogP contribution in [0.2, 0.25) is 0 Å². The van der Waals surface area contributed by atoms with Gasteiger partial charge in [0, 0.05) is 19.7 Å². The molecule has 174 valence electrons. The SMILES string of the molecule is CCOCC(=O)NCCOCCOCC(=O)N[C@@H](CCCCNC(=O)CBr)C(=O)O. The molecule has 1 atom stereocenters. The molecule has 0 heterocycles. The Morgan fingerprint density at radius 3 is 2.20 bits per heavy atom. The lowest BCUT2D eigenvalue weighted by molar-refractivity contribution is -0.142. The van der Waals surface area contributed by atoms with Gasteiger partial charge < -0.3 is 35.3 Å². The van der Waals surface area contributed by atoms with E-state index in [4.69, 9.17) is 14.2 Å². The van der Waals surface area contributed by atoms with Gasteiger partial charge in [0.1, 0.15) is 19.3 Å². The fourth-order valence-electron chi connectivity index (χ4n) is 2.14. The van der Waals surface area contributed by atoms with Crippen molar-refractivity contribution >= 4 is 39.6 Å². The zero-order chi connectivity index (χ0) is 22.6. The summed E-state index contributed by atoms with van der Waals surface area (Å²) in [5, 5.41) is 17.1. The van der Waals surface area contributed by atoms with Gasteiger partial charge >= 0.3 is 5.97 Å². The van der Waals surface area contributed by atoms with Crippen LogP contribution in [0.25, 0.3) is 0 Å². The highest BCUT2D eigenvalue weighted by atomic mass is 79.9. The van der Waals surface area contributed by atoms with Gasteiger partial charge in [-0.25, -0.2) is 4.79 Å². The summed E-state index contributed by atoms with van der Waals surface area (Å²) in [6.07, 6.45) is 1.40. The highest BCUT2D eigenvalue weighted by molar-refractivity contribution is 9.09. The van der Waals surface area contributed by atoms with E-state index in [0.717, 1.165) is 0 Å². The first-order valence-electron chi connectivity index (χ1n) is 9.75. The first kappa shape index (κ1) is 28.2. The lowest BCUT2D eigenvalue weighted by Gasteiger charge is -2.14. The number of ether oxygens (including phenoxy) is 3. The number of unbranched alkanes of at least 4 members (excludes halogenated alkanes) is 1. The number of amides is 3. The lowest BCUT2D eigenvalue weighted by atomic mass is 10.1. The van der Waals surface area contributed by atoms with Crippen LogP contribution in [-0.4, -0.2) is 92.9 Å². The molecule has 0 aliphatic rings. The predicted octanol–water partition coefficient (Wildman–Crippen LogP) is -0.577. The van der Waals surface area contributed by atoms with Gasteiger partial charge in [-0.3, -0.25) is 14.4 Å². The minimum Gasteiger partial charge on any atom is -0.480 e. The van der Waals surface area contributed by atoms with E-state index in [9.17, 15) is 24.3 Å². The Morgan fingerprint density at radius 2 is 1.53 bits per heavy atom. The molecule has 0 saturated carbocycles. The van der Waals surface area contributed by atoms with Gasteiger partial charge in [0.15, 0.2) is 0 Å². The number of hydrogen-bond acceptors (Lipinski definition) is 7. The topological polar surface area (TPSA) is 152 Å². The van der Waals surface area contributed by atoms with E-state index < -0.39 is 17.9 Å². The van der Waals surface area contributed by atoms with Crippen LogP contribution in [0.4, 0.5) is 0 Å². The summed E-state index contributed by atoms with van der Waals surface area (Å²) in [7, 11) is 0. The molecule has 0 bridgehead atoms. The quantitative estimate of drug-likeness (QED) is 0.136. The third-order valence-electron chi connectivity index (χ3n) is 3.61. The van der Waals surface area contributed by atoms with Gasteiger partial charge in [0.2, 0.25) is 17.7 Å². The molecule has 0 radical (unpaired) electrons. The Labute approximate surface area is 184 Å². The Balaban J connectivity index is 3.74. The second kappa shape index (κ2) is 19.2. The summed E-state index contributed by atoms with van der Waals surface area (Å²) in [5.41, 5.74) is 0. The molecule has 0 unspecified atom stereocenters. The molecule has 30 heavy (non-hydrogen) atoms. The summed E-state index contributed by atoms with van der Waals surface area (Å²) in [6, 6.07) is -1.01. The molecule has 0 rings (SSSR count). The minimum atomic E-state index is -1.12. The van der Waals surface area contributed by atoms with E-state index in [1.54, 1.807) is 6.92 Å². The molecule has 11 nitrogen and oxygen atoms in total. The monoisotopic (exact) mass is 497 g/mol. The molecular weight excluding hydrogens is 466 g/mol. The van der Waals surface area contributed by atoms with Crippen LogP contribution < -0.4 is 16.0 Å².